The molecule has 0 spiro atoms. The van der Waals surface area contributed by atoms with E-state index in [9.17, 15) is 0 Å². The molecule has 0 aliphatic carbocycles. The molecule has 0 amide bonds. The molecule has 3 nitrogen and oxygen atoms in total. The average Bonchev–Trinajstić information content (AvgIpc) is 3.16. The number of hydrogen-bond acceptors (Lipinski definition) is 4. The van der Waals surface area contributed by atoms with Crippen molar-refractivity contribution >= 4 is 22.9 Å². The second kappa shape index (κ2) is 9.62. The van der Waals surface area contributed by atoms with E-state index in [0.29, 0.717) is 13.2 Å². The summed E-state index contributed by atoms with van der Waals surface area (Å²) in [5.41, 5.74) is 2.24. The van der Waals surface area contributed by atoms with Crippen LogP contribution in [0.4, 0.5) is 0 Å². The van der Waals surface area contributed by atoms with Crippen molar-refractivity contribution in [2.24, 2.45) is 0 Å². The first kappa shape index (κ1) is 18.8. The summed E-state index contributed by atoms with van der Waals surface area (Å²) in [7, 11) is 0. The van der Waals surface area contributed by atoms with Crippen molar-refractivity contribution in [2.45, 2.75) is 26.6 Å². The highest BCUT2D eigenvalue weighted by Crippen LogP contribution is 2.29. The number of hydrogen-bond donors (Lipinski definition) is 1. The van der Waals surface area contributed by atoms with Gasteiger partial charge in [0.2, 0.25) is 0 Å². The van der Waals surface area contributed by atoms with Gasteiger partial charge in [-0.05, 0) is 47.7 Å². The van der Waals surface area contributed by atoms with Crippen LogP contribution in [0.5, 0.6) is 11.5 Å². The lowest BCUT2D eigenvalue weighted by Gasteiger charge is -2.13. The number of benzene rings is 2. The number of nitrogens with one attached hydrogen (secondary N) is 1. The molecule has 0 unspecified atom stereocenters. The largest absolute Gasteiger partial charge is 0.490 e. The molecular formula is C21H22ClNO2S. The van der Waals surface area contributed by atoms with E-state index >= 15 is 0 Å². The summed E-state index contributed by atoms with van der Waals surface area (Å²) in [5.74, 6) is 1.55. The highest BCUT2D eigenvalue weighted by molar-refractivity contribution is 7.09. The van der Waals surface area contributed by atoms with Crippen LogP contribution in [0.1, 0.15) is 22.9 Å². The molecule has 0 saturated heterocycles. The molecule has 0 saturated carbocycles. The number of halogens is 1. The number of rotatable bonds is 9. The van der Waals surface area contributed by atoms with Crippen LogP contribution in [0, 0.1) is 0 Å². The van der Waals surface area contributed by atoms with Crippen LogP contribution in [0.2, 0.25) is 5.02 Å². The maximum Gasteiger partial charge on any atom is 0.161 e. The first-order valence-corrected chi connectivity index (χ1v) is 9.87. The summed E-state index contributed by atoms with van der Waals surface area (Å²) in [4.78, 5) is 1.19. The van der Waals surface area contributed by atoms with Gasteiger partial charge in [0.15, 0.2) is 11.5 Å². The van der Waals surface area contributed by atoms with E-state index < -0.39 is 0 Å². The lowest BCUT2D eigenvalue weighted by molar-refractivity contribution is 0.271. The zero-order valence-corrected chi connectivity index (χ0v) is 16.3. The molecule has 3 rings (SSSR count). The summed E-state index contributed by atoms with van der Waals surface area (Å²) in [6.07, 6.45) is 0. The second-order valence-corrected chi connectivity index (χ2v) is 7.22. The first-order chi connectivity index (χ1) is 12.8. The van der Waals surface area contributed by atoms with E-state index in [2.05, 4.69) is 22.8 Å². The second-order valence-electron chi connectivity index (χ2n) is 5.78. The third-order valence-electron chi connectivity index (χ3n) is 3.86. The molecule has 0 fully saturated rings. The van der Waals surface area contributed by atoms with E-state index in [1.54, 1.807) is 11.3 Å². The van der Waals surface area contributed by atoms with E-state index in [-0.39, 0.29) is 0 Å². The highest BCUT2D eigenvalue weighted by Gasteiger charge is 2.08. The van der Waals surface area contributed by atoms with Crippen LogP contribution >= 0.6 is 22.9 Å². The van der Waals surface area contributed by atoms with Crippen LogP contribution in [0.3, 0.4) is 0 Å². The molecule has 136 valence electrons. The van der Waals surface area contributed by atoms with Gasteiger partial charge in [-0.3, -0.25) is 0 Å². The molecule has 0 aliphatic rings. The fourth-order valence-corrected chi connectivity index (χ4v) is 3.40. The predicted molar refractivity (Wildman–Crippen MR) is 108 cm³/mol. The molecule has 2 aromatic carbocycles. The fourth-order valence-electron chi connectivity index (χ4n) is 2.58. The fraction of sp³-hybridized carbons (Fsp3) is 0.238. The Morgan fingerprint density at radius 3 is 2.62 bits per heavy atom. The molecule has 0 atom stereocenters. The molecule has 0 aliphatic heterocycles. The SMILES string of the molecule is CCOc1cc(CNCc2ccccc2Cl)ccc1OCc1cccs1. The summed E-state index contributed by atoms with van der Waals surface area (Å²) in [6.45, 7) is 4.59. The third-order valence-corrected chi connectivity index (χ3v) is 5.08. The van der Waals surface area contributed by atoms with Gasteiger partial charge in [-0.2, -0.15) is 0 Å². The summed E-state index contributed by atoms with van der Waals surface area (Å²) in [5, 5.41) is 6.26. The van der Waals surface area contributed by atoms with Gasteiger partial charge >= 0.3 is 0 Å². The highest BCUT2D eigenvalue weighted by atomic mass is 35.5. The van der Waals surface area contributed by atoms with Crippen molar-refractivity contribution in [1.29, 1.82) is 0 Å². The van der Waals surface area contributed by atoms with Gasteiger partial charge in [-0.1, -0.05) is 41.9 Å². The van der Waals surface area contributed by atoms with E-state index in [4.69, 9.17) is 21.1 Å². The molecule has 0 bridgehead atoms. The monoisotopic (exact) mass is 387 g/mol. The Labute approximate surface area is 163 Å². The van der Waals surface area contributed by atoms with Crippen LogP contribution in [-0.2, 0) is 19.7 Å². The van der Waals surface area contributed by atoms with Gasteiger partial charge in [0.1, 0.15) is 6.61 Å². The topological polar surface area (TPSA) is 30.5 Å². The zero-order chi connectivity index (χ0) is 18.2. The van der Waals surface area contributed by atoms with Crippen molar-refractivity contribution in [3.8, 4) is 11.5 Å². The third kappa shape index (κ3) is 5.24. The van der Waals surface area contributed by atoms with Gasteiger partial charge < -0.3 is 14.8 Å². The smallest absolute Gasteiger partial charge is 0.161 e. The minimum absolute atomic E-state index is 0.557. The van der Waals surface area contributed by atoms with Gasteiger partial charge in [0.25, 0.3) is 0 Å². The molecular weight excluding hydrogens is 366 g/mol. The average molecular weight is 388 g/mol. The van der Waals surface area contributed by atoms with Gasteiger partial charge in [-0.25, -0.2) is 0 Å². The van der Waals surface area contributed by atoms with Crippen molar-refractivity contribution in [1.82, 2.24) is 5.32 Å². The normalized spacial score (nSPS) is 10.7. The summed E-state index contributed by atoms with van der Waals surface area (Å²) < 4.78 is 11.7. The first-order valence-electron chi connectivity index (χ1n) is 8.61. The van der Waals surface area contributed by atoms with Crippen LogP contribution in [0.25, 0.3) is 0 Å². The van der Waals surface area contributed by atoms with Crippen molar-refractivity contribution in [3.63, 3.8) is 0 Å². The minimum Gasteiger partial charge on any atom is -0.490 e. The van der Waals surface area contributed by atoms with E-state index in [0.717, 1.165) is 40.7 Å². The summed E-state index contributed by atoms with van der Waals surface area (Å²) in [6, 6.07) is 18.0. The molecule has 1 N–H and O–H groups in total. The predicted octanol–water partition coefficient (Wildman–Crippen LogP) is 5.67. The lowest BCUT2D eigenvalue weighted by atomic mass is 10.2. The minimum atomic E-state index is 0.557. The number of ether oxygens (including phenoxy) is 2. The molecule has 1 heterocycles. The van der Waals surface area contributed by atoms with Crippen molar-refractivity contribution in [3.05, 3.63) is 81.0 Å². The Kier molecular flexibility index (Phi) is 6.95. The molecule has 26 heavy (non-hydrogen) atoms. The molecule has 0 radical (unpaired) electrons. The quantitative estimate of drug-likeness (QED) is 0.513. The maximum absolute atomic E-state index is 6.19. The van der Waals surface area contributed by atoms with Crippen LogP contribution < -0.4 is 14.8 Å². The Hall–Kier alpha value is -2.01. The van der Waals surface area contributed by atoms with Gasteiger partial charge in [-0.15, -0.1) is 11.3 Å². The Balaban J connectivity index is 1.60. The van der Waals surface area contributed by atoms with Crippen molar-refractivity contribution < 1.29 is 9.47 Å². The molecule has 1 aromatic heterocycles. The zero-order valence-electron chi connectivity index (χ0n) is 14.7. The Morgan fingerprint density at radius 2 is 1.85 bits per heavy atom. The molecule has 5 heteroatoms. The van der Waals surface area contributed by atoms with Crippen LogP contribution in [-0.4, -0.2) is 6.61 Å². The lowest BCUT2D eigenvalue weighted by Crippen LogP contribution is -2.13. The maximum atomic E-state index is 6.19. The number of thiophene rings is 1. The van der Waals surface area contributed by atoms with Gasteiger partial charge in [0.05, 0.1) is 6.61 Å². The Morgan fingerprint density at radius 1 is 0.962 bits per heavy atom. The molecule has 3 aromatic rings. The van der Waals surface area contributed by atoms with Gasteiger partial charge in [0, 0.05) is 23.0 Å². The Bertz CT molecular complexity index is 821. The standard InChI is InChI=1S/C21H22ClNO2S/c1-2-24-21-12-16(13-23-14-17-6-3-4-8-19(17)22)9-10-20(21)25-15-18-7-5-11-26-18/h3-12,23H,2,13-15H2,1H3. The van der Waals surface area contributed by atoms with Crippen LogP contribution in [0.15, 0.2) is 60.0 Å². The van der Waals surface area contributed by atoms with Crippen molar-refractivity contribution in [2.75, 3.05) is 6.61 Å². The summed E-state index contributed by atoms with van der Waals surface area (Å²) >= 11 is 7.88. The van der Waals surface area contributed by atoms with E-state index in [1.807, 2.05) is 49.4 Å². The van der Waals surface area contributed by atoms with E-state index in [1.165, 1.54) is 4.88 Å².